The van der Waals surface area contributed by atoms with Crippen LogP contribution >= 0.6 is 11.8 Å². The van der Waals surface area contributed by atoms with E-state index in [0.29, 0.717) is 30.8 Å². The zero-order valence-electron chi connectivity index (χ0n) is 18.3. The first-order chi connectivity index (χ1) is 15.6. The molecule has 1 atom stereocenters. The number of carbonyl (C=O) groups is 2. The van der Waals surface area contributed by atoms with Gasteiger partial charge in [0.15, 0.2) is 0 Å². The fourth-order valence-electron chi connectivity index (χ4n) is 3.30. The molecular weight excluding hydrogens is 424 g/mol. The molecule has 0 spiro atoms. The van der Waals surface area contributed by atoms with Crippen molar-refractivity contribution in [2.75, 3.05) is 19.1 Å². The van der Waals surface area contributed by atoms with Gasteiger partial charge in [0.2, 0.25) is 5.91 Å². The highest BCUT2D eigenvalue weighted by atomic mass is 32.2. The number of para-hydroxylation sites is 1. The van der Waals surface area contributed by atoms with E-state index in [2.05, 4.69) is 15.7 Å². The predicted molar refractivity (Wildman–Crippen MR) is 127 cm³/mol. The van der Waals surface area contributed by atoms with Crippen LogP contribution in [-0.2, 0) is 17.9 Å². The lowest BCUT2D eigenvalue weighted by atomic mass is 10.1. The highest BCUT2D eigenvalue weighted by Gasteiger charge is 2.22. The van der Waals surface area contributed by atoms with E-state index in [-0.39, 0.29) is 11.8 Å². The second-order valence-corrected chi connectivity index (χ2v) is 8.23. The van der Waals surface area contributed by atoms with Crippen LogP contribution in [0.4, 0.5) is 0 Å². The Bertz CT molecular complexity index is 1020. The van der Waals surface area contributed by atoms with Gasteiger partial charge in [-0.05, 0) is 47.8 Å². The van der Waals surface area contributed by atoms with Crippen LogP contribution in [-0.4, -0.2) is 46.8 Å². The standard InChI is InChI=1S/C24H28N4O3S/c1-31-22-10-4-3-9-20(22)23(29)27-21(11-14-32-2)24(30)25-16-18-7-5-8-19(15-18)17-28-13-6-12-26-28/h3-10,12-13,15,21H,11,14,16-17H2,1-2H3,(H,25,30)(H,27,29). The third-order valence-corrected chi connectivity index (χ3v) is 5.59. The number of methoxy groups -OCH3 is 1. The van der Waals surface area contributed by atoms with E-state index in [4.69, 9.17) is 4.74 Å². The van der Waals surface area contributed by atoms with Crippen molar-refractivity contribution in [1.29, 1.82) is 0 Å². The van der Waals surface area contributed by atoms with Crippen LogP contribution in [0.1, 0.15) is 27.9 Å². The third-order valence-electron chi connectivity index (χ3n) is 4.95. The SMILES string of the molecule is COc1ccccc1C(=O)NC(CCSC)C(=O)NCc1cccc(Cn2cccn2)c1. The van der Waals surface area contributed by atoms with E-state index >= 15 is 0 Å². The van der Waals surface area contributed by atoms with Crippen molar-refractivity contribution in [3.63, 3.8) is 0 Å². The van der Waals surface area contributed by atoms with Crippen LogP contribution in [0.25, 0.3) is 0 Å². The average Bonchev–Trinajstić information content (AvgIpc) is 3.33. The maximum atomic E-state index is 12.9. The predicted octanol–water partition coefficient (Wildman–Crippen LogP) is 3.11. The Labute approximate surface area is 192 Å². The van der Waals surface area contributed by atoms with Gasteiger partial charge < -0.3 is 15.4 Å². The number of hydrogen-bond donors (Lipinski definition) is 2. The van der Waals surface area contributed by atoms with Crippen LogP contribution in [0.5, 0.6) is 5.75 Å². The Morgan fingerprint density at radius 2 is 1.94 bits per heavy atom. The molecular formula is C24H28N4O3S. The summed E-state index contributed by atoms with van der Waals surface area (Å²) in [5.74, 6) is 0.691. The number of thioether (sulfide) groups is 1. The number of hydrogen-bond acceptors (Lipinski definition) is 5. The minimum absolute atomic E-state index is 0.209. The van der Waals surface area contributed by atoms with Crippen molar-refractivity contribution in [3.05, 3.63) is 83.7 Å². The molecule has 1 heterocycles. The quantitative estimate of drug-likeness (QED) is 0.467. The number of nitrogens with one attached hydrogen (secondary N) is 2. The first-order valence-corrected chi connectivity index (χ1v) is 11.8. The molecule has 0 bridgehead atoms. The molecule has 3 aromatic rings. The van der Waals surface area contributed by atoms with Gasteiger partial charge in [-0.15, -0.1) is 0 Å². The van der Waals surface area contributed by atoms with Crippen molar-refractivity contribution < 1.29 is 14.3 Å². The van der Waals surface area contributed by atoms with Gasteiger partial charge in [-0.25, -0.2) is 0 Å². The minimum atomic E-state index is -0.632. The molecule has 2 amide bonds. The third kappa shape index (κ3) is 6.62. The van der Waals surface area contributed by atoms with E-state index in [1.807, 2.05) is 47.5 Å². The molecule has 2 N–H and O–H groups in total. The van der Waals surface area contributed by atoms with Crippen LogP contribution in [0.2, 0.25) is 0 Å². The normalized spacial score (nSPS) is 11.6. The van der Waals surface area contributed by atoms with Gasteiger partial charge in [-0.3, -0.25) is 14.3 Å². The molecule has 0 saturated carbocycles. The van der Waals surface area contributed by atoms with Crippen molar-refractivity contribution in [2.45, 2.75) is 25.6 Å². The largest absolute Gasteiger partial charge is 0.496 e. The fourth-order valence-corrected chi connectivity index (χ4v) is 3.78. The van der Waals surface area contributed by atoms with Crippen LogP contribution in [0, 0.1) is 0 Å². The summed E-state index contributed by atoms with van der Waals surface area (Å²) in [4.78, 5) is 25.7. The smallest absolute Gasteiger partial charge is 0.255 e. The van der Waals surface area contributed by atoms with Crippen molar-refractivity contribution in [1.82, 2.24) is 20.4 Å². The molecule has 0 saturated heterocycles. The Morgan fingerprint density at radius 1 is 1.12 bits per heavy atom. The number of amides is 2. The van der Waals surface area contributed by atoms with Crippen molar-refractivity contribution >= 4 is 23.6 Å². The molecule has 1 aromatic heterocycles. The molecule has 8 heteroatoms. The van der Waals surface area contributed by atoms with Gasteiger partial charge in [-0.1, -0.05) is 36.4 Å². The summed E-state index contributed by atoms with van der Waals surface area (Å²) in [6.45, 7) is 1.05. The summed E-state index contributed by atoms with van der Waals surface area (Å²) in [6, 6.07) is 16.2. The summed E-state index contributed by atoms with van der Waals surface area (Å²) in [5, 5.41) is 10.1. The molecule has 0 radical (unpaired) electrons. The van der Waals surface area contributed by atoms with Crippen molar-refractivity contribution in [2.24, 2.45) is 0 Å². The zero-order chi connectivity index (χ0) is 22.8. The fraction of sp³-hybridized carbons (Fsp3) is 0.292. The summed E-state index contributed by atoms with van der Waals surface area (Å²) in [7, 11) is 1.52. The summed E-state index contributed by atoms with van der Waals surface area (Å²) in [5.41, 5.74) is 2.50. The van der Waals surface area contributed by atoms with E-state index in [1.165, 1.54) is 7.11 Å². The topological polar surface area (TPSA) is 85.2 Å². The molecule has 0 aliphatic carbocycles. The van der Waals surface area contributed by atoms with Gasteiger partial charge in [-0.2, -0.15) is 16.9 Å². The second kappa shape index (κ2) is 12.0. The molecule has 0 aliphatic heterocycles. The number of aromatic nitrogens is 2. The number of nitrogens with zero attached hydrogens (tertiary/aromatic N) is 2. The maximum absolute atomic E-state index is 12.9. The first-order valence-electron chi connectivity index (χ1n) is 10.4. The Hall–Kier alpha value is -3.26. The number of rotatable bonds is 11. The Kier molecular flexibility index (Phi) is 8.74. The van der Waals surface area contributed by atoms with Gasteiger partial charge in [0.25, 0.3) is 5.91 Å². The molecule has 32 heavy (non-hydrogen) atoms. The zero-order valence-corrected chi connectivity index (χ0v) is 19.1. The second-order valence-electron chi connectivity index (χ2n) is 7.25. The Morgan fingerprint density at radius 3 is 2.69 bits per heavy atom. The number of ether oxygens (including phenoxy) is 1. The minimum Gasteiger partial charge on any atom is -0.496 e. The first kappa shape index (κ1) is 23.4. The molecule has 0 aliphatic rings. The van der Waals surface area contributed by atoms with Gasteiger partial charge in [0.05, 0.1) is 19.2 Å². The summed E-state index contributed by atoms with van der Waals surface area (Å²) >= 11 is 1.63. The molecule has 2 aromatic carbocycles. The van der Waals surface area contributed by atoms with Gasteiger partial charge in [0.1, 0.15) is 11.8 Å². The highest BCUT2D eigenvalue weighted by Crippen LogP contribution is 2.17. The lowest BCUT2D eigenvalue weighted by Crippen LogP contribution is -2.47. The monoisotopic (exact) mass is 452 g/mol. The summed E-state index contributed by atoms with van der Waals surface area (Å²) in [6.07, 6.45) is 6.17. The molecule has 7 nitrogen and oxygen atoms in total. The molecule has 168 valence electrons. The summed E-state index contributed by atoms with van der Waals surface area (Å²) < 4.78 is 7.12. The van der Waals surface area contributed by atoms with Crippen LogP contribution in [0.3, 0.4) is 0 Å². The highest BCUT2D eigenvalue weighted by molar-refractivity contribution is 7.98. The van der Waals surface area contributed by atoms with Crippen LogP contribution < -0.4 is 15.4 Å². The maximum Gasteiger partial charge on any atom is 0.255 e. The lowest BCUT2D eigenvalue weighted by molar-refractivity contribution is -0.123. The van der Waals surface area contributed by atoms with E-state index < -0.39 is 6.04 Å². The average molecular weight is 453 g/mol. The number of carbonyl (C=O) groups excluding carboxylic acids is 2. The number of benzene rings is 2. The van der Waals surface area contributed by atoms with Gasteiger partial charge >= 0.3 is 0 Å². The molecule has 0 fully saturated rings. The van der Waals surface area contributed by atoms with E-state index in [9.17, 15) is 9.59 Å². The Balaban J connectivity index is 1.62. The lowest BCUT2D eigenvalue weighted by Gasteiger charge is -2.19. The van der Waals surface area contributed by atoms with Gasteiger partial charge in [0, 0.05) is 18.9 Å². The van der Waals surface area contributed by atoms with Crippen molar-refractivity contribution in [3.8, 4) is 5.75 Å². The van der Waals surface area contributed by atoms with Crippen LogP contribution in [0.15, 0.2) is 67.0 Å². The molecule has 1 unspecified atom stereocenters. The van der Waals surface area contributed by atoms with E-state index in [0.717, 1.165) is 16.9 Å². The van der Waals surface area contributed by atoms with E-state index in [1.54, 1.807) is 42.2 Å². The molecule has 3 rings (SSSR count).